The number of likely N-dealkylation sites (tertiary alicyclic amines) is 1. The van der Waals surface area contributed by atoms with Crippen LogP contribution in [0, 0.1) is 0 Å². The Morgan fingerprint density at radius 1 is 1.04 bits per heavy atom. The van der Waals surface area contributed by atoms with E-state index in [1.54, 1.807) is 33.9 Å². The molecule has 1 aromatic rings. The van der Waals surface area contributed by atoms with Crippen molar-refractivity contribution in [3.05, 3.63) is 29.8 Å². The van der Waals surface area contributed by atoms with E-state index in [-0.39, 0.29) is 23.8 Å². The highest BCUT2D eigenvalue weighted by Crippen LogP contribution is 2.23. The molecule has 2 saturated heterocycles. The molecule has 7 nitrogen and oxygen atoms in total. The molecule has 2 heterocycles. The average Bonchev–Trinajstić information content (AvgIpc) is 3.22. The van der Waals surface area contributed by atoms with Crippen molar-refractivity contribution >= 4 is 17.7 Å². The SMILES string of the molecule is CCC(=O)N1CCC[C@@H]1C(=O)N1CCN(C(=O)c2ccccc2OC)CC1. The number of para-hydroxylation sites is 1. The highest BCUT2D eigenvalue weighted by Gasteiger charge is 2.37. The summed E-state index contributed by atoms with van der Waals surface area (Å²) in [6.07, 6.45) is 2.02. The molecule has 2 fully saturated rings. The summed E-state index contributed by atoms with van der Waals surface area (Å²) in [4.78, 5) is 43.0. The van der Waals surface area contributed by atoms with Crippen molar-refractivity contribution in [3.8, 4) is 5.75 Å². The van der Waals surface area contributed by atoms with Gasteiger partial charge in [0.25, 0.3) is 5.91 Å². The normalized spacial score (nSPS) is 19.9. The molecular formula is C20H27N3O4. The topological polar surface area (TPSA) is 70.2 Å². The summed E-state index contributed by atoms with van der Waals surface area (Å²) < 4.78 is 5.28. The Morgan fingerprint density at radius 2 is 1.70 bits per heavy atom. The zero-order valence-corrected chi connectivity index (χ0v) is 16.0. The number of nitrogens with zero attached hydrogens (tertiary/aromatic N) is 3. The molecule has 0 spiro atoms. The monoisotopic (exact) mass is 373 g/mol. The van der Waals surface area contributed by atoms with Crippen molar-refractivity contribution in [3.63, 3.8) is 0 Å². The number of ether oxygens (including phenoxy) is 1. The first-order valence-electron chi connectivity index (χ1n) is 9.57. The quantitative estimate of drug-likeness (QED) is 0.800. The Kier molecular flexibility index (Phi) is 5.98. The maximum atomic E-state index is 12.9. The number of piperazine rings is 1. The van der Waals surface area contributed by atoms with Crippen molar-refractivity contribution in [2.45, 2.75) is 32.2 Å². The lowest BCUT2D eigenvalue weighted by Gasteiger charge is -2.37. The lowest BCUT2D eigenvalue weighted by Crippen LogP contribution is -2.55. The minimum absolute atomic E-state index is 0.0127. The van der Waals surface area contributed by atoms with E-state index in [4.69, 9.17) is 4.74 Å². The highest BCUT2D eigenvalue weighted by atomic mass is 16.5. The molecular weight excluding hydrogens is 346 g/mol. The zero-order valence-electron chi connectivity index (χ0n) is 16.0. The molecule has 146 valence electrons. The van der Waals surface area contributed by atoms with Crippen LogP contribution in [0.1, 0.15) is 36.5 Å². The Morgan fingerprint density at radius 3 is 2.37 bits per heavy atom. The summed E-state index contributed by atoms with van der Waals surface area (Å²) in [6, 6.07) is 6.83. The van der Waals surface area contributed by atoms with Crippen LogP contribution in [0.5, 0.6) is 5.75 Å². The lowest BCUT2D eigenvalue weighted by molar-refractivity contribution is -0.144. The van der Waals surface area contributed by atoms with Crippen LogP contribution in [0.2, 0.25) is 0 Å². The first kappa shape index (κ1) is 19.2. The maximum Gasteiger partial charge on any atom is 0.257 e. The number of methoxy groups -OCH3 is 1. The summed E-state index contributed by atoms with van der Waals surface area (Å²) in [5.41, 5.74) is 0.537. The highest BCUT2D eigenvalue weighted by molar-refractivity contribution is 5.97. The molecule has 0 aromatic heterocycles. The molecule has 0 unspecified atom stereocenters. The second-order valence-electron chi connectivity index (χ2n) is 6.92. The largest absolute Gasteiger partial charge is 0.496 e. The van der Waals surface area contributed by atoms with E-state index in [9.17, 15) is 14.4 Å². The Bertz CT molecular complexity index is 713. The van der Waals surface area contributed by atoms with Gasteiger partial charge in [-0.3, -0.25) is 14.4 Å². The summed E-state index contributed by atoms with van der Waals surface area (Å²) in [5.74, 6) is 0.526. The fraction of sp³-hybridized carbons (Fsp3) is 0.550. The third kappa shape index (κ3) is 3.91. The molecule has 3 amide bonds. The first-order chi connectivity index (χ1) is 13.1. The second kappa shape index (κ2) is 8.41. The maximum absolute atomic E-state index is 12.9. The van der Waals surface area contributed by atoms with Crippen LogP contribution in [0.15, 0.2) is 24.3 Å². The van der Waals surface area contributed by atoms with Crippen LogP contribution in [0.4, 0.5) is 0 Å². The van der Waals surface area contributed by atoms with E-state index in [2.05, 4.69) is 0 Å². The van der Waals surface area contributed by atoms with Crippen LogP contribution in [0.25, 0.3) is 0 Å². The van der Waals surface area contributed by atoms with E-state index in [0.29, 0.717) is 50.5 Å². The number of hydrogen-bond donors (Lipinski definition) is 0. The number of hydrogen-bond acceptors (Lipinski definition) is 4. The molecule has 0 radical (unpaired) electrons. The van der Waals surface area contributed by atoms with Gasteiger partial charge in [-0.15, -0.1) is 0 Å². The molecule has 0 N–H and O–H groups in total. The van der Waals surface area contributed by atoms with Gasteiger partial charge >= 0.3 is 0 Å². The number of benzene rings is 1. The third-order valence-electron chi connectivity index (χ3n) is 5.38. The predicted octanol–water partition coefficient (Wildman–Crippen LogP) is 1.38. The van der Waals surface area contributed by atoms with Crippen molar-refractivity contribution in [2.75, 3.05) is 39.8 Å². The van der Waals surface area contributed by atoms with Gasteiger partial charge in [0.15, 0.2) is 0 Å². The van der Waals surface area contributed by atoms with E-state index in [1.807, 2.05) is 19.1 Å². The summed E-state index contributed by atoms with van der Waals surface area (Å²) in [6.45, 7) is 4.43. The smallest absolute Gasteiger partial charge is 0.257 e. The van der Waals surface area contributed by atoms with Crippen molar-refractivity contribution < 1.29 is 19.1 Å². The Hall–Kier alpha value is -2.57. The number of carbonyl (C=O) groups excluding carboxylic acids is 3. The van der Waals surface area contributed by atoms with Crippen LogP contribution in [0.3, 0.4) is 0 Å². The third-order valence-corrected chi connectivity index (χ3v) is 5.38. The Balaban J connectivity index is 1.61. The van der Waals surface area contributed by atoms with Gasteiger partial charge < -0.3 is 19.4 Å². The summed E-state index contributed by atoms with van der Waals surface area (Å²) >= 11 is 0. The van der Waals surface area contributed by atoms with Gasteiger partial charge in [0.2, 0.25) is 11.8 Å². The molecule has 0 bridgehead atoms. The van der Waals surface area contributed by atoms with Gasteiger partial charge in [0.05, 0.1) is 12.7 Å². The Labute approximate surface area is 159 Å². The predicted molar refractivity (Wildman–Crippen MR) is 101 cm³/mol. The van der Waals surface area contributed by atoms with Crippen molar-refractivity contribution in [2.24, 2.45) is 0 Å². The van der Waals surface area contributed by atoms with E-state index < -0.39 is 0 Å². The van der Waals surface area contributed by atoms with E-state index >= 15 is 0 Å². The van der Waals surface area contributed by atoms with Gasteiger partial charge in [-0.25, -0.2) is 0 Å². The molecule has 2 aliphatic heterocycles. The van der Waals surface area contributed by atoms with Crippen LogP contribution in [-0.2, 0) is 9.59 Å². The second-order valence-corrected chi connectivity index (χ2v) is 6.92. The fourth-order valence-corrected chi connectivity index (χ4v) is 3.86. The number of amides is 3. The molecule has 3 rings (SSSR count). The molecule has 2 aliphatic rings. The van der Waals surface area contributed by atoms with Crippen molar-refractivity contribution in [1.82, 2.24) is 14.7 Å². The summed E-state index contributed by atoms with van der Waals surface area (Å²) in [5, 5.41) is 0. The minimum Gasteiger partial charge on any atom is -0.496 e. The van der Waals surface area contributed by atoms with Crippen LogP contribution >= 0.6 is 0 Å². The minimum atomic E-state index is -0.339. The molecule has 0 aliphatic carbocycles. The van der Waals surface area contributed by atoms with Crippen molar-refractivity contribution in [1.29, 1.82) is 0 Å². The molecule has 27 heavy (non-hydrogen) atoms. The van der Waals surface area contributed by atoms with Gasteiger partial charge in [-0.2, -0.15) is 0 Å². The van der Waals surface area contributed by atoms with Gasteiger partial charge in [0, 0.05) is 39.1 Å². The number of carbonyl (C=O) groups is 3. The van der Waals surface area contributed by atoms with Crippen LogP contribution in [-0.4, -0.2) is 78.3 Å². The molecule has 7 heteroatoms. The first-order valence-corrected chi connectivity index (χ1v) is 9.57. The standard InChI is InChI=1S/C20H27N3O4/c1-3-18(24)23-10-6-8-16(23)20(26)22-13-11-21(12-14-22)19(25)15-7-4-5-9-17(15)27-2/h4-5,7,9,16H,3,6,8,10-14H2,1-2H3/t16-/m1/s1. The van der Waals surface area contributed by atoms with E-state index in [0.717, 1.165) is 12.8 Å². The fourth-order valence-electron chi connectivity index (χ4n) is 3.86. The van der Waals surface area contributed by atoms with Gasteiger partial charge in [-0.05, 0) is 25.0 Å². The molecule has 0 saturated carbocycles. The van der Waals surface area contributed by atoms with Gasteiger partial charge in [-0.1, -0.05) is 19.1 Å². The van der Waals surface area contributed by atoms with Crippen LogP contribution < -0.4 is 4.74 Å². The average molecular weight is 373 g/mol. The van der Waals surface area contributed by atoms with Gasteiger partial charge in [0.1, 0.15) is 11.8 Å². The molecule has 1 aromatic carbocycles. The van der Waals surface area contributed by atoms with E-state index in [1.165, 1.54) is 0 Å². The summed E-state index contributed by atoms with van der Waals surface area (Å²) in [7, 11) is 1.55. The lowest BCUT2D eigenvalue weighted by atomic mass is 10.1. The zero-order chi connectivity index (χ0) is 19.4. The number of rotatable bonds is 4. The molecule has 1 atom stereocenters.